The third kappa shape index (κ3) is 4.15. The summed E-state index contributed by atoms with van der Waals surface area (Å²) < 4.78 is 12.6. The summed E-state index contributed by atoms with van der Waals surface area (Å²) in [6.45, 7) is -0.292. The summed E-state index contributed by atoms with van der Waals surface area (Å²) in [7, 11) is 0. The Balaban J connectivity index is 1.67. The minimum Gasteiger partial charge on any atom is -0.443 e. The number of aliphatic hydroxyl groups is 2. The topological polar surface area (TPSA) is 97.7 Å². The Morgan fingerprint density at radius 3 is 2.88 bits per heavy atom. The maximum absolute atomic E-state index is 12.2. The van der Waals surface area contributed by atoms with E-state index in [1.165, 1.54) is 4.57 Å². The lowest BCUT2D eigenvalue weighted by atomic mass is 10.1. The Hall–Kier alpha value is -2.14. The molecule has 0 saturated carbocycles. The van der Waals surface area contributed by atoms with Gasteiger partial charge in [-0.05, 0) is 18.9 Å². The van der Waals surface area contributed by atoms with Gasteiger partial charge in [0.05, 0.1) is 18.1 Å². The largest absolute Gasteiger partial charge is 0.443 e. The number of ether oxygens (including phenoxy) is 1. The molecular formula is C19H24N2O5. The number of hydrogen-bond donors (Lipinski definition) is 2. The van der Waals surface area contributed by atoms with Gasteiger partial charge in [-0.3, -0.25) is 4.57 Å². The number of terminal acetylenes is 1. The van der Waals surface area contributed by atoms with Gasteiger partial charge in [-0.15, -0.1) is 12.3 Å². The van der Waals surface area contributed by atoms with Crippen molar-refractivity contribution in [1.82, 2.24) is 9.55 Å². The Kier molecular flexibility index (Phi) is 6.09. The summed E-state index contributed by atoms with van der Waals surface area (Å²) in [5.74, 6) is 3.43. The van der Waals surface area contributed by atoms with Crippen molar-refractivity contribution in [2.24, 2.45) is 0 Å². The molecule has 7 heteroatoms. The first-order valence-corrected chi connectivity index (χ1v) is 9.02. The van der Waals surface area contributed by atoms with Crippen molar-refractivity contribution in [3.05, 3.63) is 28.5 Å². The van der Waals surface area contributed by atoms with E-state index in [-0.39, 0.29) is 13.0 Å². The molecule has 1 saturated heterocycles. The summed E-state index contributed by atoms with van der Waals surface area (Å²) in [6, 6.07) is 1.88. The van der Waals surface area contributed by atoms with Crippen LogP contribution in [0.5, 0.6) is 0 Å². The molecule has 1 fully saturated rings. The quantitative estimate of drug-likeness (QED) is 0.550. The highest BCUT2D eigenvalue weighted by Crippen LogP contribution is 2.28. The molecule has 1 aliphatic rings. The smallest absolute Gasteiger partial charge is 0.353 e. The van der Waals surface area contributed by atoms with Crippen LogP contribution >= 0.6 is 0 Å². The second-order valence-corrected chi connectivity index (χ2v) is 6.64. The van der Waals surface area contributed by atoms with Gasteiger partial charge in [0.2, 0.25) is 5.71 Å². The number of aromatic nitrogens is 2. The first kappa shape index (κ1) is 18.6. The number of aryl methyl sites for hydroxylation is 1. The molecule has 3 heterocycles. The Morgan fingerprint density at radius 2 is 2.15 bits per heavy atom. The summed E-state index contributed by atoms with van der Waals surface area (Å²) in [5, 5.41) is 19.8. The van der Waals surface area contributed by atoms with E-state index < -0.39 is 24.1 Å². The normalized spacial score (nSPS) is 22.7. The van der Waals surface area contributed by atoms with Crippen LogP contribution in [0.15, 0.2) is 21.5 Å². The summed E-state index contributed by atoms with van der Waals surface area (Å²) in [6.07, 6.45) is 10.8. The second-order valence-electron chi connectivity index (χ2n) is 6.64. The lowest BCUT2D eigenvalue weighted by Gasteiger charge is -2.13. The van der Waals surface area contributed by atoms with Crippen LogP contribution in [0, 0.1) is 12.3 Å². The average molecular weight is 360 g/mol. The predicted octanol–water partition coefficient (Wildman–Crippen LogP) is 1.76. The number of nitrogens with zero attached hydrogens (tertiary/aromatic N) is 2. The van der Waals surface area contributed by atoms with Crippen LogP contribution in [0.1, 0.15) is 50.5 Å². The maximum Gasteiger partial charge on any atom is 0.353 e. The molecule has 0 aromatic carbocycles. The van der Waals surface area contributed by atoms with Crippen molar-refractivity contribution in [1.29, 1.82) is 0 Å². The fourth-order valence-corrected chi connectivity index (χ4v) is 3.24. The number of furan rings is 1. The average Bonchev–Trinajstić information content (AvgIpc) is 3.19. The minimum atomic E-state index is -0.804. The molecule has 2 aromatic heterocycles. The van der Waals surface area contributed by atoms with Gasteiger partial charge < -0.3 is 19.4 Å². The van der Waals surface area contributed by atoms with Crippen molar-refractivity contribution < 1.29 is 19.4 Å². The summed E-state index contributed by atoms with van der Waals surface area (Å²) >= 11 is 0. The molecule has 0 radical (unpaired) electrons. The van der Waals surface area contributed by atoms with Gasteiger partial charge >= 0.3 is 5.69 Å². The van der Waals surface area contributed by atoms with Crippen LogP contribution in [0.25, 0.3) is 11.1 Å². The SMILES string of the molecule is C#CCCCCCCc1cc2cn([C@H]3C[C@H](O)[C@@H](CO)O3)c(=O)nc2o1. The number of rotatable bonds is 8. The summed E-state index contributed by atoms with van der Waals surface area (Å²) in [4.78, 5) is 16.2. The van der Waals surface area contributed by atoms with Gasteiger partial charge in [-0.1, -0.05) is 12.8 Å². The zero-order chi connectivity index (χ0) is 18.5. The van der Waals surface area contributed by atoms with E-state index in [0.29, 0.717) is 5.71 Å². The van der Waals surface area contributed by atoms with E-state index in [4.69, 9.17) is 15.6 Å². The fraction of sp³-hybridized carbons (Fsp3) is 0.579. The number of hydrogen-bond acceptors (Lipinski definition) is 6. The van der Waals surface area contributed by atoms with E-state index in [1.54, 1.807) is 6.20 Å². The van der Waals surface area contributed by atoms with Gasteiger partial charge in [0.15, 0.2) is 0 Å². The number of fused-ring (bicyclic) bond motifs is 1. The van der Waals surface area contributed by atoms with Crippen LogP contribution in [0.4, 0.5) is 0 Å². The monoisotopic (exact) mass is 360 g/mol. The van der Waals surface area contributed by atoms with Crippen molar-refractivity contribution >= 4 is 11.1 Å². The van der Waals surface area contributed by atoms with Crippen LogP contribution in [0.3, 0.4) is 0 Å². The van der Waals surface area contributed by atoms with Gasteiger partial charge in [0, 0.05) is 25.5 Å². The summed E-state index contributed by atoms with van der Waals surface area (Å²) in [5.41, 5.74) is -0.186. The third-order valence-corrected chi connectivity index (χ3v) is 4.68. The van der Waals surface area contributed by atoms with E-state index >= 15 is 0 Å². The molecule has 1 aliphatic heterocycles. The molecule has 0 bridgehead atoms. The molecule has 0 spiro atoms. The molecule has 7 nitrogen and oxygen atoms in total. The highest BCUT2D eigenvalue weighted by Gasteiger charge is 2.35. The molecule has 3 rings (SSSR count). The zero-order valence-electron chi connectivity index (χ0n) is 14.6. The van der Waals surface area contributed by atoms with Crippen molar-refractivity contribution in [2.45, 2.75) is 63.4 Å². The first-order chi connectivity index (χ1) is 12.6. The highest BCUT2D eigenvalue weighted by atomic mass is 16.5. The van der Waals surface area contributed by atoms with E-state index in [1.807, 2.05) is 6.07 Å². The van der Waals surface area contributed by atoms with Crippen molar-refractivity contribution in [3.8, 4) is 12.3 Å². The van der Waals surface area contributed by atoms with Gasteiger partial charge in [-0.25, -0.2) is 4.79 Å². The van der Waals surface area contributed by atoms with E-state index in [2.05, 4.69) is 10.9 Å². The third-order valence-electron chi connectivity index (χ3n) is 4.68. The minimum absolute atomic E-state index is 0.237. The molecule has 0 amide bonds. The first-order valence-electron chi connectivity index (χ1n) is 9.02. The van der Waals surface area contributed by atoms with E-state index in [0.717, 1.165) is 49.7 Å². The van der Waals surface area contributed by atoms with Crippen LogP contribution in [0.2, 0.25) is 0 Å². The van der Waals surface area contributed by atoms with E-state index in [9.17, 15) is 15.0 Å². The Bertz CT molecular complexity index is 835. The maximum atomic E-state index is 12.2. The van der Waals surface area contributed by atoms with Crippen LogP contribution in [-0.4, -0.2) is 38.6 Å². The van der Waals surface area contributed by atoms with Crippen molar-refractivity contribution in [2.75, 3.05) is 6.61 Å². The van der Waals surface area contributed by atoms with Gasteiger partial charge in [-0.2, -0.15) is 4.98 Å². The molecular weight excluding hydrogens is 336 g/mol. The predicted molar refractivity (Wildman–Crippen MR) is 95.5 cm³/mol. The zero-order valence-corrected chi connectivity index (χ0v) is 14.6. The molecule has 140 valence electrons. The highest BCUT2D eigenvalue weighted by molar-refractivity contribution is 5.72. The molecule has 2 aromatic rings. The lowest BCUT2D eigenvalue weighted by Crippen LogP contribution is -2.27. The lowest BCUT2D eigenvalue weighted by molar-refractivity contribution is -0.0457. The standard InChI is InChI=1S/C19H24N2O5/c1-2-3-4-5-6-7-8-14-9-13-11-21(19(24)20-18(13)25-14)17-10-15(23)16(12-22)26-17/h1,9,11,15-17,22-23H,3-8,10,12H2/t15-,16+,17+/m0/s1. The van der Waals surface area contributed by atoms with Gasteiger partial charge in [0.1, 0.15) is 18.1 Å². The Labute approximate surface area is 151 Å². The molecule has 3 atom stereocenters. The molecule has 0 aliphatic carbocycles. The fourth-order valence-electron chi connectivity index (χ4n) is 3.24. The van der Waals surface area contributed by atoms with Gasteiger partial charge in [0.25, 0.3) is 0 Å². The van der Waals surface area contributed by atoms with Crippen LogP contribution < -0.4 is 5.69 Å². The Morgan fingerprint density at radius 1 is 1.35 bits per heavy atom. The van der Waals surface area contributed by atoms with Crippen LogP contribution in [-0.2, 0) is 11.2 Å². The molecule has 2 N–H and O–H groups in total. The second kappa shape index (κ2) is 8.49. The van der Waals surface area contributed by atoms with Crippen molar-refractivity contribution in [3.63, 3.8) is 0 Å². The molecule has 26 heavy (non-hydrogen) atoms. The number of aliphatic hydroxyl groups excluding tert-OH is 2. The number of unbranched alkanes of at least 4 members (excludes halogenated alkanes) is 4. The molecule has 0 unspecified atom stereocenters.